The van der Waals surface area contributed by atoms with Crippen molar-refractivity contribution in [1.82, 2.24) is 19.6 Å². The van der Waals surface area contributed by atoms with Gasteiger partial charge in [-0.15, -0.1) is 0 Å². The molecule has 174 valence electrons. The summed E-state index contributed by atoms with van der Waals surface area (Å²) in [7, 11) is 1.33. The molecule has 0 saturated carbocycles. The van der Waals surface area contributed by atoms with E-state index in [1.807, 2.05) is 30.3 Å². The van der Waals surface area contributed by atoms with E-state index in [4.69, 9.17) is 9.47 Å². The first-order valence-corrected chi connectivity index (χ1v) is 10.7. The molecular formula is C24H21F2N5O3. The van der Waals surface area contributed by atoms with Crippen LogP contribution in [0.1, 0.15) is 0 Å². The number of aromatic nitrogens is 4. The number of hydrogen-bond donors (Lipinski definition) is 0. The summed E-state index contributed by atoms with van der Waals surface area (Å²) < 4.78 is 43.4. The maximum Gasteiger partial charge on any atom is 0.251 e. The zero-order valence-corrected chi connectivity index (χ0v) is 18.3. The first-order chi connectivity index (χ1) is 16.6. The second-order valence-corrected chi connectivity index (χ2v) is 7.64. The number of hydrogen-bond acceptors (Lipinski definition) is 6. The van der Waals surface area contributed by atoms with E-state index in [1.165, 1.54) is 19.5 Å². The summed E-state index contributed by atoms with van der Waals surface area (Å²) in [4.78, 5) is 14.8. The van der Waals surface area contributed by atoms with Crippen LogP contribution in [0.15, 0.2) is 65.7 Å². The Balaban J connectivity index is 1.63. The van der Waals surface area contributed by atoms with Crippen molar-refractivity contribution >= 4 is 5.69 Å². The largest absolute Gasteiger partial charge is 0.491 e. The SMILES string of the molecule is COc1cn(-c2cc(F)c(N3CCOCC3)cc2F)nc(-c2ccnn2-c2ccccc2)c1=O. The lowest BCUT2D eigenvalue weighted by molar-refractivity contribution is 0.122. The Morgan fingerprint density at radius 2 is 1.71 bits per heavy atom. The van der Waals surface area contributed by atoms with Gasteiger partial charge in [-0.3, -0.25) is 4.79 Å². The highest BCUT2D eigenvalue weighted by Crippen LogP contribution is 2.27. The van der Waals surface area contributed by atoms with Gasteiger partial charge in [0.25, 0.3) is 5.43 Å². The number of morpholine rings is 1. The molecule has 2 aromatic carbocycles. The number of nitrogens with zero attached hydrogens (tertiary/aromatic N) is 5. The van der Waals surface area contributed by atoms with E-state index in [2.05, 4.69) is 10.2 Å². The van der Waals surface area contributed by atoms with Crippen LogP contribution >= 0.6 is 0 Å². The summed E-state index contributed by atoms with van der Waals surface area (Å²) in [6, 6.07) is 13.0. The molecule has 34 heavy (non-hydrogen) atoms. The van der Waals surface area contributed by atoms with Gasteiger partial charge in [-0.2, -0.15) is 10.2 Å². The van der Waals surface area contributed by atoms with Crippen molar-refractivity contribution in [2.75, 3.05) is 38.3 Å². The van der Waals surface area contributed by atoms with Gasteiger partial charge in [-0.1, -0.05) is 18.2 Å². The van der Waals surface area contributed by atoms with Crippen molar-refractivity contribution in [2.24, 2.45) is 0 Å². The van der Waals surface area contributed by atoms with E-state index < -0.39 is 17.1 Å². The van der Waals surface area contributed by atoms with Crippen LogP contribution in [0.2, 0.25) is 0 Å². The summed E-state index contributed by atoms with van der Waals surface area (Å²) in [6.07, 6.45) is 2.77. The quantitative estimate of drug-likeness (QED) is 0.451. The van der Waals surface area contributed by atoms with Crippen molar-refractivity contribution < 1.29 is 18.3 Å². The van der Waals surface area contributed by atoms with Crippen LogP contribution in [-0.4, -0.2) is 53.0 Å². The Morgan fingerprint density at radius 1 is 1.00 bits per heavy atom. The van der Waals surface area contributed by atoms with Crippen molar-refractivity contribution in [2.45, 2.75) is 0 Å². The van der Waals surface area contributed by atoms with Crippen LogP contribution in [0.3, 0.4) is 0 Å². The lowest BCUT2D eigenvalue weighted by atomic mass is 10.2. The topological polar surface area (TPSA) is 74.4 Å². The number of rotatable bonds is 5. The lowest BCUT2D eigenvalue weighted by Crippen LogP contribution is -2.36. The van der Waals surface area contributed by atoms with Crippen LogP contribution in [0, 0.1) is 11.6 Å². The molecule has 0 aliphatic carbocycles. The Labute approximate surface area is 193 Å². The fourth-order valence-corrected chi connectivity index (χ4v) is 3.91. The van der Waals surface area contributed by atoms with E-state index in [0.29, 0.717) is 37.7 Å². The molecule has 2 aromatic heterocycles. The standard InChI is InChI=1S/C24H21F2N5O3/c1-33-22-15-30(21-14-17(25)20(13-18(21)26)29-9-11-34-12-10-29)28-23(24(22)32)19-7-8-27-31(19)16-5-3-2-4-6-16/h2-8,13-15H,9-12H2,1H3. The molecule has 1 aliphatic heterocycles. The van der Waals surface area contributed by atoms with Gasteiger partial charge in [0.05, 0.1) is 49.8 Å². The molecule has 0 bridgehead atoms. The minimum absolute atomic E-state index is 0.0160. The molecule has 10 heteroatoms. The summed E-state index contributed by atoms with van der Waals surface area (Å²) in [6.45, 7) is 1.82. The molecule has 4 aromatic rings. The van der Waals surface area contributed by atoms with Crippen LogP contribution in [0.25, 0.3) is 22.8 Å². The van der Waals surface area contributed by atoms with Gasteiger partial charge in [-0.25, -0.2) is 18.1 Å². The zero-order valence-electron chi connectivity index (χ0n) is 18.3. The van der Waals surface area contributed by atoms with Gasteiger partial charge in [0.2, 0.25) is 0 Å². The molecule has 5 rings (SSSR count). The summed E-state index contributed by atoms with van der Waals surface area (Å²) in [5.41, 5.74) is 0.583. The van der Waals surface area contributed by atoms with E-state index in [1.54, 1.807) is 15.6 Å². The number of para-hydroxylation sites is 1. The molecule has 8 nitrogen and oxygen atoms in total. The van der Waals surface area contributed by atoms with Crippen LogP contribution in [0.4, 0.5) is 14.5 Å². The first-order valence-electron chi connectivity index (χ1n) is 10.7. The van der Waals surface area contributed by atoms with E-state index in [-0.39, 0.29) is 22.8 Å². The van der Waals surface area contributed by atoms with Crippen molar-refractivity contribution in [3.05, 3.63) is 82.8 Å². The highest BCUT2D eigenvalue weighted by Gasteiger charge is 2.22. The van der Waals surface area contributed by atoms with Crippen LogP contribution in [0.5, 0.6) is 5.75 Å². The fraction of sp³-hybridized carbons (Fsp3) is 0.208. The Bertz CT molecular complexity index is 1380. The van der Waals surface area contributed by atoms with Crippen LogP contribution in [-0.2, 0) is 4.74 Å². The van der Waals surface area contributed by atoms with Gasteiger partial charge in [0, 0.05) is 25.2 Å². The van der Waals surface area contributed by atoms with Gasteiger partial charge >= 0.3 is 0 Å². The molecule has 0 unspecified atom stereocenters. The molecule has 0 radical (unpaired) electrons. The number of halogens is 2. The first kappa shape index (κ1) is 21.8. The summed E-state index contributed by atoms with van der Waals surface area (Å²) in [5.74, 6) is -1.36. The summed E-state index contributed by atoms with van der Waals surface area (Å²) >= 11 is 0. The summed E-state index contributed by atoms with van der Waals surface area (Å²) in [5, 5.41) is 8.64. The number of ether oxygens (including phenoxy) is 2. The van der Waals surface area contributed by atoms with E-state index in [0.717, 1.165) is 16.8 Å². The van der Waals surface area contributed by atoms with E-state index in [9.17, 15) is 4.79 Å². The van der Waals surface area contributed by atoms with Gasteiger partial charge in [-0.05, 0) is 18.2 Å². The highest BCUT2D eigenvalue weighted by molar-refractivity contribution is 5.60. The maximum atomic E-state index is 15.2. The molecule has 1 fully saturated rings. The number of anilines is 1. The number of methoxy groups -OCH3 is 1. The molecular weight excluding hydrogens is 444 g/mol. The molecule has 0 amide bonds. The predicted octanol–water partition coefficient (Wildman–Crippen LogP) is 3.21. The predicted molar refractivity (Wildman–Crippen MR) is 122 cm³/mol. The Hall–Kier alpha value is -4.05. The molecule has 1 saturated heterocycles. The minimum Gasteiger partial charge on any atom is -0.491 e. The van der Waals surface area contributed by atoms with Crippen molar-refractivity contribution in [1.29, 1.82) is 0 Å². The minimum atomic E-state index is -0.691. The highest BCUT2D eigenvalue weighted by atomic mass is 19.1. The Kier molecular flexibility index (Phi) is 5.81. The molecule has 0 N–H and O–H groups in total. The van der Waals surface area contributed by atoms with Gasteiger partial charge < -0.3 is 14.4 Å². The average Bonchev–Trinajstić information content (AvgIpc) is 3.36. The second kappa shape index (κ2) is 9.06. The zero-order chi connectivity index (χ0) is 23.7. The van der Waals surface area contributed by atoms with Gasteiger partial charge in [0.1, 0.15) is 11.5 Å². The molecule has 0 atom stereocenters. The Morgan fingerprint density at radius 3 is 2.44 bits per heavy atom. The average molecular weight is 465 g/mol. The normalized spacial score (nSPS) is 13.8. The van der Waals surface area contributed by atoms with Crippen LogP contribution < -0.4 is 15.1 Å². The monoisotopic (exact) mass is 465 g/mol. The molecule has 3 heterocycles. The van der Waals surface area contributed by atoms with Gasteiger partial charge in [0.15, 0.2) is 17.3 Å². The van der Waals surface area contributed by atoms with E-state index >= 15 is 8.78 Å². The maximum absolute atomic E-state index is 15.2. The third-order valence-corrected chi connectivity index (χ3v) is 5.61. The smallest absolute Gasteiger partial charge is 0.251 e. The third kappa shape index (κ3) is 3.92. The molecule has 1 aliphatic rings. The van der Waals surface area contributed by atoms with Crippen molar-refractivity contribution in [3.8, 4) is 28.5 Å². The number of benzene rings is 2. The second-order valence-electron chi connectivity index (χ2n) is 7.64. The fourth-order valence-electron chi connectivity index (χ4n) is 3.91. The molecule has 0 spiro atoms. The lowest BCUT2D eigenvalue weighted by Gasteiger charge is -2.29. The third-order valence-electron chi connectivity index (χ3n) is 5.61. The van der Waals surface area contributed by atoms with Crippen molar-refractivity contribution in [3.63, 3.8) is 0 Å².